The van der Waals surface area contributed by atoms with Crippen LogP contribution in [0.2, 0.25) is 0 Å². The van der Waals surface area contributed by atoms with Crippen LogP contribution >= 0.6 is 0 Å². The number of rotatable bonds is 5. The number of carbonyl (C=O) groups excluding carboxylic acids is 1. The highest BCUT2D eigenvalue weighted by atomic mass is 16.1. The Morgan fingerprint density at radius 1 is 1.48 bits per heavy atom. The summed E-state index contributed by atoms with van der Waals surface area (Å²) in [5, 5.41) is 16.7. The molecule has 0 aliphatic heterocycles. The number of hydrogen-bond donors (Lipinski definition) is 2. The van der Waals surface area contributed by atoms with Gasteiger partial charge in [0.25, 0.3) is 0 Å². The SMILES string of the molecule is CCC(C)(NC(=O)/C=C/c1cncc(C)c1)c1nn[nH]n1. The van der Waals surface area contributed by atoms with Gasteiger partial charge in [0.15, 0.2) is 5.82 Å². The normalized spacial score (nSPS) is 14.0. The lowest BCUT2D eigenvalue weighted by Gasteiger charge is -2.25. The van der Waals surface area contributed by atoms with E-state index in [4.69, 9.17) is 0 Å². The van der Waals surface area contributed by atoms with Crippen LogP contribution in [0.3, 0.4) is 0 Å². The number of aromatic amines is 1. The zero-order valence-corrected chi connectivity index (χ0v) is 12.3. The average molecular weight is 286 g/mol. The third-order valence-electron chi connectivity index (χ3n) is 3.27. The van der Waals surface area contributed by atoms with Crippen molar-refractivity contribution in [3.63, 3.8) is 0 Å². The van der Waals surface area contributed by atoms with Gasteiger partial charge in [-0.25, -0.2) is 0 Å². The Labute approximate surface area is 122 Å². The summed E-state index contributed by atoms with van der Waals surface area (Å²) >= 11 is 0. The molecule has 110 valence electrons. The predicted octanol–water partition coefficient (Wildman–Crippen LogP) is 1.36. The molecule has 2 aromatic heterocycles. The Balaban J connectivity index is 2.07. The second-order valence-corrected chi connectivity index (χ2v) is 5.04. The van der Waals surface area contributed by atoms with Crippen molar-refractivity contribution in [2.24, 2.45) is 0 Å². The number of H-pyrrole nitrogens is 1. The Hall–Kier alpha value is -2.57. The number of nitrogens with zero attached hydrogens (tertiary/aromatic N) is 4. The number of aryl methyl sites for hydroxylation is 1. The van der Waals surface area contributed by atoms with Crippen LogP contribution in [0, 0.1) is 6.92 Å². The maximum atomic E-state index is 12.1. The highest BCUT2D eigenvalue weighted by molar-refractivity contribution is 5.92. The van der Waals surface area contributed by atoms with E-state index in [9.17, 15) is 4.79 Å². The monoisotopic (exact) mass is 286 g/mol. The Bertz CT molecular complexity index is 637. The van der Waals surface area contributed by atoms with Gasteiger partial charge in [-0.3, -0.25) is 9.78 Å². The fourth-order valence-electron chi connectivity index (χ4n) is 1.85. The zero-order chi connectivity index (χ0) is 15.3. The van der Waals surface area contributed by atoms with E-state index in [0.29, 0.717) is 12.2 Å². The second kappa shape index (κ2) is 6.25. The van der Waals surface area contributed by atoms with Gasteiger partial charge in [-0.05, 0) is 43.5 Å². The van der Waals surface area contributed by atoms with Crippen LogP contribution in [0.15, 0.2) is 24.5 Å². The summed E-state index contributed by atoms with van der Waals surface area (Å²) in [5.41, 5.74) is 1.27. The third-order valence-corrected chi connectivity index (χ3v) is 3.27. The summed E-state index contributed by atoms with van der Waals surface area (Å²) in [6.45, 7) is 5.76. The lowest BCUT2D eigenvalue weighted by atomic mass is 9.98. The van der Waals surface area contributed by atoms with E-state index in [1.807, 2.05) is 26.8 Å². The standard InChI is InChI=1S/C14H18N6O/c1-4-14(3,13-17-19-20-18-13)16-12(21)6-5-11-7-10(2)8-15-9-11/h5-9H,4H2,1-3H3,(H,16,21)(H,17,18,19,20)/b6-5+. The molecule has 0 bridgehead atoms. The summed E-state index contributed by atoms with van der Waals surface area (Å²) in [6, 6.07) is 1.95. The molecule has 21 heavy (non-hydrogen) atoms. The van der Waals surface area contributed by atoms with Crippen molar-refractivity contribution in [1.29, 1.82) is 0 Å². The number of amides is 1. The summed E-state index contributed by atoms with van der Waals surface area (Å²) in [6.07, 6.45) is 7.32. The number of tetrazole rings is 1. The van der Waals surface area contributed by atoms with E-state index in [1.54, 1.807) is 18.5 Å². The van der Waals surface area contributed by atoms with Crippen molar-refractivity contribution in [2.45, 2.75) is 32.7 Å². The molecule has 2 heterocycles. The zero-order valence-electron chi connectivity index (χ0n) is 12.3. The first-order chi connectivity index (χ1) is 10.0. The number of aromatic nitrogens is 5. The van der Waals surface area contributed by atoms with E-state index in [1.165, 1.54) is 6.08 Å². The lowest BCUT2D eigenvalue weighted by Crippen LogP contribution is -2.43. The first-order valence-electron chi connectivity index (χ1n) is 6.69. The maximum Gasteiger partial charge on any atom is 0.244 e. The molecule has 0 aliphatic rings. The summed E-state index contributed by atoms with van der Waals surface area (Å²) in [5.74, 6) is 0.245. The molecule has 0 fully saturated rings. The van der Waals surface area contributed by atoms with E-state index >= 15 is 0 Å². The molecule has 7 nitrogen and oxygen atoms in total. The largest absolute Gasteiger partial charge is 0.340 e. The molecular formula is C14H18N6O. The number of carbonyl (C=O) groups is 1. The number of nitrogens with one attached hydrogen (secondary N) is 2. The smallest absolute Gasteiger partial charge is 0.244 e. The molecule has 2 N–H and O–H groups in total. The van der Waals surface area contributed by atoms with Gasteiger partial charge in [-0.1, -0.05) is 12.1 Å². The van der Waals surface area contributed by atoms with Crippen LogP contribution < -0.4 is 5.32 Å². The fraction of sp³-hybridized carbons (Fsp3) is 0.357. The molecule has 7 heteroatoms. The highest BCUT2D eigenvalue weighted by Crippen LogP contribution is 2.19. The van der Waals surface area contributed by atoms with E-state index in [0.717, 1.165) is 11.1 Å². The van der Waals surface area contributed by atoms with Gasteiger partial charge in [-0.2, -0.15) is 5.21 Å². The topological polar surface area (TPSA) is 96.5 Å². The molecule has 2 rings (SSSR count). The molecule has 0 spiro atoms. The molecule has 0 saturated heterocycles. The average Bonchev–Trinajstić information content (AvgIpc) is 3.00. The van der Waals surface area contributed by atoms with E-state index in [-0.39, 0.29) is 5.91 Å². The van der Waals surface area contributed by atoms with Gasteiger partial charge < -0.3 is 5.32 Å². The first kappa shape index (κ1) is 14.8. The minimum absolute atomic E-state index is 0.217. The van der Waals surface area contributed by atoms with Crippen molar-refractivity contribution >= 4 is 12.0 Å². The van der Waals surface area contributed by atoms with Crippen LogP contribution in [0.25, 0.3) is 6.08 Å². The third kappa shape index (κ3) is 3.71. The number of pyridine rings is 1. The van der Waals surface area contributed by atoms with Gasteiger partial charge in [0.1, 0.15) is 5.54 Å². The van der Waals surface area contributed by atoms with Crippen LogP contribution in [-0.2, 0) is 10.3 Å². The van der Waals surface area contributed by atoms with Crippen molar-refractivity contribution in [3.05, 3.63) is 41.5 Å². The first-order valence-corrected chi connectivity index (χ1v) is 6.69. The van der Waals surface area contributed by atoms with Crippen molar-refractivity contribution in [1.82, 2.24) is 30.9 Å². The molecular weight excluding hydrogens is 268 g/mol. The van der Waals surface area contributed by atoms with Gasteiger partial charge in [0, 0.05) is 18.5 Å². The fourth-order valence-corrected chi connectivity index (χ4v) is 1.85. The molecule has 0 saturated carbocycles. The molecule has 2 aromatic rings. The Kier molecular flexibility index (Phi) is 4.42. The minimum Gasteiger partial charge on any atom is -0.340 e. The maximum absolute atomic E-state index is 12.1. The molecule has 0 aromatic carbocycles. The van der Waals surface area contributed by atoms with E-state index < -0.39 is 5.54 Å². The molecule has 0 aliphatic carbocycles. The second-order valence-electron chi connectivity index (χ2n) is 5.04. The van der Waals surface area contributed by atoms with Gasteiger partial charge >= 0.3 is 0 Å². The van der Waals surface area contributed by atoms with Gasteiger partial charge in [0.2, 0.25) is 5.91 Å². The predicted molar refractivity (Wildman–Crippen MR) is 78.0 cm³/mol. The minimum atomic E-state index is -0.653. The van der Waals surface area contributed by atoms with Crippen LogP contribution in [0.4, 0.5) is 0 Å². The highest BCUT2D eigenvalue weighted by Gasteiger charge is 2.30. The van der Waals surface area contributed by atoms with Crippen molar-refractivity contribution < 1.29 is 4.79 Å². The van der Waals surface area contributed by atoms with Crippen LogP contribution in [0.5, 0.6) is 0 Å². The van der Waals surface area contributed by atoms with E-state index in [2.05, 4.69) is 30.9 Å². The summed E-state index contributed by atoms with van der Waals surface area (Å²) in [7, 11) is 0. The van der Waals surface area contributed by atoms with Crippen molar-refractivity contribution in [2.75, 3.05) is 0 Å². The van der Waals surface area contributed by atoms with Crippen LogP contribution in [0.1, 0.15) is 37.2 Å². The Morgan fingerprint density at radius 2 is 2.29 bits per heavy atom. The summed E-state index contributed by atoms with van der Waals surface area (Å²) in [4.78, 5) is 16.1. The van der Waals surface area contributed by atoms with Gasteiger partial charge in [-0.15, -0.1) is 10.2 Å². The molecule has 1 unspecified atom stereocenters. The van der Waals surface area contributed by atoms with Crippen molar-refractivity contribution in [3.8, 4) is 0 Å². The molecule has 1 atom stereocenters. The van der Waals surface area contributed by atoms with Crippen LogP contribution in [-0.4, -0.2) is 31.5 Å². The number of hydrogen-bond acceptors (Lipinski definition) is 5. The lowest BCUT2D eigenvalue weighted by molar-refractivity contribution is -0.118. The quantitative estimate of drug-likeness (QED) is 0.809. The molecule has 1 amide bonds. The van der Waals surface area contributed by atoms with Gasteiger partial charge in [0.05, 0.1) is 0 Å². The molecule has 0 radical (unpaired) electrons. The summed E-state index contributed by atoms with van der Waals surface area (Å²) < 4.78 is 0. The Morgan fingerprint density at radius 3 is 2.90 bits per heavy atom.